The van der Waals surface area contributed by atoms with E-state index in [1.165, 1.54) is 87.7 Å². The highest BCUT2D eigenvalue weighted by molar-refractivity contribution is 5.99. The molecule has 0 bridgehead atoms. The molecule has 5 N–H and O–H groups in total. The minimum atomic E-state index is -1.76. The fourth-order valence-electron chi connectivity index (χ4n) is 11.1. The molecule has 0 aromatic rings. The maximum Gasteiger partial charge on any atom is 0.308 e. The van der Waals surface area contributed by atoms with Crippen molar-refractivity contribution in [2.24, 2.45) is 41.4 Å². The summed E-state index contributed by atoms with van der Waals surface area (Å²) in [5, 5.41) is 23.0. The van der Waals surface area contributed by atoms with Crippen LogP contribution in [-0.2, 0) is 62.3 Å². The number of rotatable bonds is 18. The van der Waals surface area contributed by atoms with Crippen molar-refractivity contribution >= 4 is 70.9 Å². The minimum absolute atomic E-state index is 0.0484. The Labute approximate surface area is 529 Å². The molecular weight excluding hydrogens is 1150 g/mol. The van der Waals surface area contributed by atoms with Crippen molar-refractivity contribution < 1.29 is 71.8 Å². The van der Waals surface area contributed by atoms with E-state index in [1.807, 2.05) is 55.4 Å². The largest absolute Gasteiger partial charge is 0.434 e. The summed E-state index contributed by atoms with van der Waals surface area (Å²) in [7, 11) is 9.63. The number of halogens is 1. The highest BCUT2D eigenvalue weighted by atomic mass is 19.1. The van der Waals surface area contributed by atoms with Crippen LogP contribution in [0.4, 0.5) is 4.39 Å². The number of carbonyl (C=O) groups excluding carboxylic acids is 12. The molecule has 12 atom stereocenters. The van der Waals surface area contributed by atoms with Gasteiger partial charge in [0.25, 0.3) is 0 Å². The van der Waals surface area contributed by atoms with Crippen LogP contribution >= 0.6 is 0 Å². The molecule has 0 aromatic heterocycles. The molecule has 0 spiro atoms. The molecule has 510 valence electrons. The van der Waals surface area contributed by atoms with Crippen molar-refractivity contribution in [3.05, 3.63) is 0 Å². The number of likely N-dealkylation sites (N-methyl/N-ethyl adjacent to an activating group) is 7. The van der Waals surface area contributed by atoms with E-state index in [0.717, 1.165) is 9.80 Å². The van der Waals surface area contributed by atoms with Gasteiger partial charge in [-0.15, -0.1) is 0 Å². The van der Waals surface area contributed by atoms with Crippen LogP contribution in [0.5, 0.6) is 0 Å². The van der Waals surface area contributed by atoms with Crippen LogP contribution in [0, 0.1) is 41.4 Å². The molecule has 11 amide bonds. The second-order valence-electron chi connectivity index (χ2n) is 26.8. The van der Waals surface area contributed by atoms with Crippen LogP contribution < -0.4 is 21.3 Å². The third-order valence-corrected chi connectivity index (χ3v) is 16.6. The van der Waals surface area contributed by atoms with Gasteiger partial charge in [-0.2, -0.15) is 0 Å². The number of esters is 1. The Morgan fingerprint density at radius 2 is 0.933 bits per heavy atom. The summed E-state index contributed by atoms with van der Waals surface area (Å²) >= 11 is 0. The average Bonchev–Trinajstić information content (AvgIpc) is 0.958. The van der Waals surface area contributed by atoms with Gasteiger partial charge in [0.05, 0.1) is 12.6 Å². The molecule has 1 fully saturated rings. The maximum absolute atomic E-state index is 15.2. The van der Waals surface area contributed by atoms with E-state index in [1.54, 1.807) is 41.5 Å². The van der Waals surface area contributed by atoms with Crippen molar-refractivity contribution in [2.75, 3.05) is 62.7 Å². The number of alkyl halides is 1. The van der Waals surface area contributed by atoms with Crippen molar-refractivity contribution in [3.63, 3.8) is 0 Å². The zero-order valence-electron chi connectivity index (χ0n) is 57.7. The summed E-state index contributed by atoms with van der Waals surface area (Å²) < 4.78 is 17.2. The van der Waals surface area contributed by atoms with Gasteiger partial charge in [0, 0.05) is 55.8 Å². The first-order chi connectivity index (χ1) is 41.1. The molecule has 1 heterocycles. The molecule has 0 radical (unpaired) electrons. The monoisotopic (exact) mass is 1270 g/mol. The lowest BCUT2D eigenvalue weighted by atomic mass is 9.90. The quantitative estimate of drug-likeness (QED) is 0.123. The number of hydrogen-bond acceptors (Lipinski definition) is 14. The lowest BCUT2D eigenvalue weighted by Gasteiger charge is -2.41. The predicted molar refractivity (Wildman–Crippen MR) is 335 cm³/mol. The van der Waals surface area contributed by atoms with Gasteiger partial charge in [-0.1, -0.05) is 96.9 Å². The van der Waals surface area contributed by atoms with Crippen molar-refractivity contribution in [3.8, 4) is 0 Å². The highest BCUT2D eigenvalue weighted by Crippen LogP contribution is 2.26. The standard InChI is InChI=1S/C63H112FN11O14/c1-24-43-59(84)69(17)32-48(76)70(18)44(28-34(2)3)56(81)68-50(38(10)11)62(87)71(19)45(29-35(4)5)55(80)65-41(15)54(79)66-42(16)58(83)72(20)46(30-36(6)7)60(85)73(21)47(31-37(8)9)61(86)74(22)51(39(12)13)63(88)75(23)52(57(82)67-43)53(78)40(14)26-25-27-49(77)89-33-64/h34-47,50-53,78H,24-33H2,1-23H3,(H,65,80)(H,66,79)(H,67,82)(H,68,81)/t40-,41+,42-,43+,44+,45+,46+,47+,50+,51+,52+,53-/m1/s1. The van der Waals surface area contributed by atoms with E-state index in [4.69, 9.17) is 0 Å². The summed E-state index contributed by atoms with van der Waals surface area (Å²) in [6, 6.07) is -12.9. The second-order valence-corrected chi connectivity index (χ2v) is 26.8. The van der Waals surface area contributed by atoms with E-state index < -0.39 is 169 Å². The van der Waals surface area contributed by atoms with Crippen LogP contribution in [0.3, 0.4) is 0 Å². The smallest absolute Gasteiger partial charge is 0.308 e. The number of aliphatic hydroxyl groups excluding tert-OH is 1. The van der Waals surface area contributed by atoms with E-state index in [2.05, 4.69) is 26.0 Å². The fraction of sp³-hybridized carbons (Fsp3) is 0.810. The maximum atomic E-state index is 15.2. The number of nitrogens with zero attached hydrogens (tertiary/aromatic N) is 7. The topological polar surface area (TPSA) is 305 Å². The zero-order chi connectivity index (χ0) is 69.0. The van der Waals surface area contributed by atoms with E-state index in [9.17, 15) is 57.4 Å². The molecule has 0 unspecified atom stereocenters. The number of hydrogen-bond donors (Lipinski definition) is 5. The van der Waals surface area contributed by atoms with Gasteiger partial charge in [-0.25, -0.2) is 4.39 Å². The SMILES string of the molecule is CC[C@@H]1NC(=O)[C@H]([C@H](O)[C@H](C)CCCC(=O)OCF)N(C)C(=O)[C@H](C(C)C)N(C)C(=O)[C@H](CC(C)C)N(C)C(=O)[C@H](CC(C)C)N(C)C(=O)[C@@H](C)NC(=O)[C@H](C)NC(=O)[C@H](CC(C)C)N(C)C(=O)[C@H](C(C)C)NC(=O)[C@H](CC(C)C)N(C)C(=O)CN(C)C1=O. The number of ether oxygens (including phenoxy) is 1. The molecule has 26 heteroatoms. The van der Waals surface area contributed by atoms with Gasteiger partial charge in [-0.3, -0.25) is 57.5 Å². The number of carbonyl (C=O) groups is 12. The van der Waals surface area contributed by atoms with Crippen LogP contribution in [0.15, 0.2) is 0 Å². The third-order valence-electron chi connectivity index (χ3n) is 16.6. The molecular formula is C63H112FN11O14. The summed E-state index contributed by atoms with van der Waals surface area (Å²) in [5.74, 6) is -11.5. The Morgan fingerprint density at radius 3 is 1.39 bits per heavy atom. The first-order valence-corrected chi connectivity index (χ1v) is 31.6. The lowest BCUT2D eigenvalue weighted by Crippen LogP contribution is -2.63. The summed E-state index contributed by atoms with van der Waals surface area (Å²) in [4.78, 5) is 181. The third kappa shape index (κ3) is 23.4. The number of nitrogens with one attached hydrogen (secondary N) is 4. The van der Waals surface area contributed by atoms with Crippen LogP contribution in [0.25, 0.3) is 0 Å². The van der Waals surface area contributed by atoms with Crippen molar-refractivity contribution in [1.82, 2.24) is 55.6 Å². The molecule has 0 aliphatic carbocycles. The van der Waals surface area contributed by atoms with Gasteiger partial charge in [0.1, 0.15) is 60.4 Å². The molecule has 1 rings (SSSR count). The average molecular weight is 1270 g/mol. The van der Waals surface area contributed by atoms with E-state index >= 15 is 9.59 Å². The molecule has 25 nitrogen and oxygen atoms in total. The Hall–Kier alpha value is -6.47. The predicted octanol–water partition coefficient (Wildman–Crippen LogP) is 2.94. The molecule has 89 heavy (non-hydrogen) atoms. The summed E-state index contributed by atoms with van der Waals surface area (Å²) in [6.45, 7) is 25.6. The van der Waals surface area contributed by atoms with Gasteiger partial charge < -0.3 is 65.4 Å². The van der Waals surface area contributed by atoms with Crippen molar-refractivity contribution in [2.45, 2.75) is 229 Å². The van der Waals surface area contributed by atoms with Crippen molar-refractivity contribution in [1.29, 1.82) is 0 Å². The Morgan fingerprint density at radius 1 is 0.506 bits per heavy atom. The van der Waals surface area contributed by atoms with Crippen LogP contribution in [0.1, 0.15) is 162 Å². The first-order valence-electron chi connectivity index (χ1n) is 31.6. The second kappa shape index (κ2) is 37.0. The normalized spacial score (nSPS) is 26.1. The number of amides is 11. The molecule has 1 aliphatic heterocycles. The summed E-state index contributed by atoms with van der Waals surface area (Å²) in [6.07, 6.45) is -1.31. The Balaban J connectivity index is 4.35. The van der Waals surface area contributed by atoms with Crippen LogP contribution in [0.2, 0.25) is 0 Å². The lowest BCUT2D eigenvalue weighted by molar-refractivity contribution is -0.157. The summed E-state index contributed by atoms with van der Waals surface area (Å²) in [5.41, 5.74) is 0. The van der Waals surface area contributed by atoms with Gasteiger partial charge in [0.2, 0.25) is 71.8 Å². The van der Waals surface area contributed by atoms with Gasteiger partial charge >= 0.3 is 5.97 Å². The van der Waals surface area contributed by atoms with E-state index in [0.29, 0.717) is 0 Å². The fourth-order valence-corrected chi connectivity index (χ4v) is 11.1. The molecule has 1 saturated heterocycles. The Bertz CT molecular complexity index is 2430. The molecule has 1 aliphatic rings. The van der Waals surface area contributed by atoms with E-state index in [-0.39, 0.29) is 75.0 Å². The minimum Gasteiger partial charge on any atom is -0.434 e. The first kappa shape index (κ1) is 80.5. The van der Waals surface area contributed by atoms with Gasteiger partial charge in [-0.05, 0) is 100 Å². The van der Waals surface area contributed by atoms with Gasteiger partial charge in [0.15, 0.2) is 0 Å². The van der Waals surface area contributed by atoms with Crippen LogP contribution in [-0.4, -0.2) is 240 Å². The zero-order valence-corrected chi connectivity index (χ0v) is 57.7. The molecule has 0 aromatic carbocycles. The number of aliphatic hydroxyl groups is 1. The highest BCUT2D eigenvalue weighted by Gasteiger charge is 2.46. The molecule has 0 saturated carbocycles. The Kier molecular flexibility index (Phi) is 33.5.